The third kappa shape index (κ3) is 2.60. The predicted molar refractivity (Wildman–Crippen MR) is 90.6 cm³/mol. The molecule has 0 radical (unpaired) electrons. The summed E-state index contributed by atoms with van der Waals surface area (Å²) in [5.74, 6) is 3.09. The molecule has 1 aromatic carbocycles. The molecule has 3 heteroatoms. The second-order valence-electron chi connectivity index (χ2n) is 7.17. The molecular weight excluding hydrogens is 272 g/mol. The number of benzene rings is 1. The van der Waals surface area contributed by atoms with E-state index in [0.717, 1.165) is 43.3 Å². The second kappa shape index (κ2) is 6.11. The molecule has 3 fully saturated rings. The second-order valence-corrected chi connectivity index (χ2v) is 7.17. The van der Waals surface area contributed by atoms with Crippen molar-refractivity contribution in [2.75, 3.05) is 37.7 Å². The Morgan fingerprint density at radius 3 is 2.55 bits per heavy atom. The first-order valence-electron chi connectivity index (χ1n) is 9.06. The Morgan fingerprint density at radius 2 is 1.86 bits per heavy atom. The van der Waals surface area contributed by atoms with Crippen LogP contribution in [-0.2, 0) is 0 Å². The molecule has 1 aromatic rings. The van der Waals surface area contributed by atoms with E-state index in [1.807, 2.05) is 0 Å². The summed E-state index contributed by atoms with van der Waals surface area (Å²) in [6.45, 7) is 7.50. The lowest BCUT2D eigenvalue weighted by Crippen LogP contribution is -2.51. The molecule has 0 spiro atoms. The highest BCUT2D eigenvalue weighted by atomic mass is 16.5. The van der Waals surface area contributed by atoms with Gasteiger partial charge in [-0.1, -0.05) is 18.6 Å². The minimum absolute atomic E-state index is 0.738. The van der Waals surface area contributed by atoms with Crippen LogP contribution in [0.15, 0.2) is 24.3 Å². The van der Waals surface area contributed by atoms with Crippen LogP contribution in [0.25, 0.3) is 0 Å². The molecule has 0 aromatic heterocycles. The zero-order chi connectivity index (χ0) is 14.9. The number of hydrogen-bond acceptors (Lipinski definition) is 3. The van der Waals surface area contributed by atoms with Crippen molar-refractivity contribution >= 4 is 5.69 Å². The summed E-state index contributed by atoms with van der Waals surface area (Å²) in [6, 6.07) is 9.39. The summed E-state index contributed by atoms with van der Waals surface area (Å²) >= 11 is 0. The van der Waals surface area contributed by atoms with Crippen molar-refractivity contribution < 1.29 is 4.74 Å². The highest BCUT2D eigenvalue weighted by Gasteiger charge is 2.42. The van der Waals surface area contributed by atoms with Crippen LogP contribution in [0.1, 0.15) is 32.6 Å². The number of piperazine rings is 1. The molecule has 1 saturated heterocycles. The van der Waals surface area contributed by atoms with Gasteiger partial charge in [0.25, 0.3) is 0 Å². The van der Waals surface area contributed by atoms with Gasteiger partial charge in [0.15, 0.2) is 0 Å². The highest BCUT2D eigenvalue weighted by molar-refractivity contribution is 5.58. The van der Waals surface area contributed by atoms with Gasteiger partial charge in [-0.05, 0) is 50.2 Å². The normalized spacial score (nSPS) is 31.7. The first-order chi connectivity index (χ1) is 10.8. The van der Waals surface area contributed by atoms with Crippen molar-refractivity contribution in [3.05, 3.63) is 24.3 Å². The first-order valence-corrected chi connectivity index (χ1v) is 9.06. The van der Waals surface area contributed by atoms with E-state index in [9.17, 15) is 0 Å². The van der Waals surface area contributed by atoms with Gasteiger partial charge in [0.2, 0.25) is 0 Å². The third-order valence-corrected chi connectivity index (χ3v) is 5.99. The molecule has 2 saturated carbocycles. The molecule has 3 aliphatic rings. The minimum Gasteiger partial charge on any atom is -0.492 e. The topological polar surface area (TPSA) is 15.7 Å². The van der Waals surface area contributed by atoms with Gasteiger partial charge in [0, 0.05) is 32.2 Å². The smallest absolute Gasteiger partial charge is 0.142 e. The van der Waals surface area contributed by atoms with Gasteiger partial charge in [-0.3, -0.25) is 4.90 Å². The molecule has 0 N–H and O–H groups in total. The lowest BCUT2D eigenvalue weighted by Gasteiger charge is -2.42. The fraction of sp³-hybridized carbons (Fsp3) is 0.684. The molecule has 1 heterocycles. The average Bonchev–Trinajstić information content (AvgIpc) is 3.19. The summed E-state index contributed by atoms with van der Waals surface area (Å²) in [5.41, 5.74) is 1.27. The van der Waals surface area contributed by atoms with Crippen LogP contribution >= 0.6 is 0 Å². The van der Waals surface area contributed by atoms with Crippen LogP contribution in [0.2, 0.25) is 0 Å². The van der Waals surface area contributed by atoms with Crippen molar-refractivity contribution in [1.29, 1.82) is 0 Å². The Kier molecular flexibility index (Phi) is 4.00. The van der Waals surface area contributed by atoms with E-state index in [4.69, 9.17) is 4.74 Å². The highest BCUT2D eigenvalue weighted by Crippen LogP contribution is 2.46. The number of fused-ring (bicyclic) bond motifs is 2. The fourth-order valence-corrected chi connectivity index (χ4v) is 4.95. The van der Waals surface area contributed by atoms with E-state index in [0.29, 0.717) is 0 Å². The zero-order valence-electron chi connectivity index (χ0n) is 13.7. The quantitative estimate of drug-likeness (QED) is 0.847. The minimum atomic E-state index is 0.738. The molecule has 120 valence electrons. The van der Waals surface area contributed by atoms with Crippen molar-refractivity contribution in [3.8, 4) is 5.75 Å². The number of para-hydroxylation sites is 2. The zero-order valence-corrected chi connectivity index (χ0v) is 13.7. The monoisotopic (exact) mass is 300 g/mol. The van der Waals surface area contributed by atoms with E-state index in [1.165, 1.54) is 44.5 Å². The lowest BCUT2D eigenvalue weighted by atomic mass is 9.93. The Morgan fingerprint density at radius 1 is 1.05 bits per heavy atom. The Balaban J connectivity index is 1.40. The third-order valence-electron chi connectivity index (χ3n) is 5.99. The summed E-state index contributed by atoms with van der Waals surface area (Å²) < 4.78 is 5.80. The first kappa shape index (κ1) is 14.4. The van der Waals surface area contributed by atoms with Crippen molar-refractivity contribution in [2.45, 2.75) is 38.6 Å². The molecule has 3 nitrogen and oxygen atoms in total. The van der Waals surface area contributed by atoms with Crippen molar-refractivity contribution in [3.63, 3.8) is 0 Å². The van der Waals surface area contributed by atoms with Crippen LogP contribution in [0.4, 0.5) is 5.69 Å². The van der Waals surface area contributed by atoms with Crippen LogP contribution in [0.3, 0.4) is 0 Å². The number of hydrogen-bond donors (Lipinski definition) is 0. The standard InChI is InChI=1S/C19H28N2O/c1-2-22-19-6-4-3-5-17(19)20-9-11-21(12-10-20)18-14-15-7-8-16(18)13-15/h3-6,15-16,18H,2,7-14H2,1H3/t15-,16-,18-/m0/s1. The van der Waals surface area contributed by atoms with Gasteiger partial charge in [0.05, 0.1) is 12.3 Å². The maximum absolute atomic E-state index is 5.80. The largest absolute Gasteiger partial charge is 0.492 e. The number of anilines is 1. The van der Waals surface area contributed by atoms with Gasteiger partial charge in [-0.2, -0.15) is 0 Å². The molecular formula is C19H28N2O. The van der Waals surface area contributed by atoms with E-state index >= 15 is 0 Å². The molecule has 1 aliphatic heterocycles. The average molecular weight is 300 g/mol. The number of rotatable bonds is 4. The van der Waals surface area contributed by atoms with Crippen LogP contribution < -0.4 is 9.64 Å². The fourth-order valence-electron chi connectivity index (χ4n) is 4.95. The molecule has 2 bridgehead atoms. The molecule has 22 heavy (non-hydrogen) atoms. The van der Waals surface area contributed by atoms with E-state index in [2.05, 4.69) is 41.0 Å². The molecule has 4 rings (SSSR count). The van der Waals surface area contributed by atoms with Gasteiger partial charge >= 0.3 is 0 Å². The van der Waals surface area contributed by atoms with Gasteiger partial charge in [-0.25, -0.2) is 0 Å². The van der Waals surface area contributed by atoms with Crippen molar-refractivity contribution in [1.82, 2.24) is 4.90 Å². The van der Waals surface area contributed by atoms with Crippen LogP contribution in [0.5, 0.6) is 5.75 Å². The van der Waals surface area contributed by atoms with E-state index < -0.39 is 0 Å². The Labute approximate surface area is 134 Å². The molecule has 3 atom stereocenters. The van der Waals surface area contributed by atoms with Crippen molar-refractivity contribution in [2.24, 2.45) is 11.8 Å². The summed E-state index contributed by atoms with van der Waals surface area (Å²) in [4.78, 5) is 5.29. The predicted octanol–water partition coefficient (Wildman–Crippen LogP) is 3.40. The Hall–Kier alpha value is -1.22. The van der Waals surface area contributed by atoms with Crippen LogP contribution in [-0.4, -0.2) is 43.7 Å². The molecule has 0 unspecified atom stereocenters. The Bertz CT molecular complexity index is 510. The van der Waals surface area contributed by atoms with E-state index in [1.54, 1.807) is 0 Å². The van der Waals surface area contributed by atoms with Gasteiger partial charge < -0.3 is 9.64 Å². The number of ether oxygens (including phenoxy) is 1. The maximum atomic E-state index is 5.80. The molecule has 2 aliphatic carbocycles. The summed E-state index contributed by atoms with van der Waals surface area (Å²) in [7, 11) is 0. The number of nitrogens with zero attached hydrogens (tertiary/aromatic N) is 2. The maximum Gasteiger partial charge on any atom is 0.142 e. The SMILES string of the molecule is CCOc1ccccc1N1CCN([C@H]2C[C@H]3CC[C@H]2C3)CC1. The van der Waals surface area contributed by atoms with Gasteiger partial charge in [-0.15, -0.1) is 0 Å². The molecule has 0 amide bonds. The lowest BCUT2D eigenvalue weighted by molar-refractivity contribution is 0.134. The van der Waals surface area contributed by atoms with Gasteiger partial charge in [0.1, 0.15) is 5.75 Å². The summed E-state index contributed by atoms with van der Waals surface area (Å²) in [5, 5.41) is 0. The summed E-state index contributed by atoms with van der Waals surface area (Å²) in [6.07, 6.45) is 5.98. The van der Waals surface area contributed by atoms with Crippen LogP contribution in [0, 0.1) is 11.8 Å². The van der Waals surface area contributed by atoms with E-state index in [-0.39, 0.29) is 0 Å².